The molecule has 1 aliphatic rings. The number of amides is 1. The third-order valence-electron chi connectivity index (χ3n) is 5.01. The maximum absolute atomic E-state index is 13.1. The van der Waals surface area contributed by atoms with Gasteiger partial charge in [0.05, 0.1) is 40.0 Å². The first kappa shape index (κ1) is 24.8. The summed E-state index contributed by atoms with van der Waals surface area (Å²) in [5, 5.41) is 2.83. The summed E-state index contributed by atoms with van der Waals surface area (Å²) >= 11 is 0. The number of anilines is 1. The highest BCUT2D eigenvalue weighted by Gasteiger charge is 2.29. The van der Waals surface area contributed by atoms with Gasteiger partial charge in [0.25, 0.3) is 0 Å². The van der Waals surface area contributed by atoms with Crippen molar-refractivity contribution in [1.29, 1.82) is 0 Å². The summed E-state index contributed by atoms with van der Waals surface area (Å²) in [5.74, 6) is 1.09. The molecule has 2 aromatic carbocycles. The number of morpholine rings is 1. The minimum Gasteiger partial charge on any atom is -0.495 e. The lowest BCUT2D eigenvalue weighted by Gasteiger charge is -2.26. The zero-order valence-corrected chi connectivity index (χ0v) is 19.9. The average Bonchev–Trinajstić information content (AvgIpc) is 2.81. The Morgan fingerprint density at radius 3 is 2.33 bits per heavy atom. The van der Waals surface area contributed by atoms with E-state index in [0.29, 0.717) is 49.2 Å². The van der Waals surface area contributed by atoms with Crippen LogP contribution in [0.2, 0.25) is 0 Å². The molecule has 0 aromatic heterocycles. The standard InChI is InChI=1S/C23H30N2O7S/c1-4-31-19-9-7-18(16-21(19)32-5-2)24-23(26)15-17-6-8-20(29-3)22(14-17)33(27,28)25-10-12-30-13-11-25/h6-9,14,16H,4-5,10-13,15H2,1-3H3,(H,24,26). The second-order valence-corrected chi connectivity index (χ2v) is 9.16. The van der Waals surface area contributed by atoms with Crippen LogP contribution in [-0.4, -0.2) is 65.3 Å². The molecule has 0 spiro atoms. The molecular weight excluding hydrogens is 448 g/mol. The molecule has 10 heteroatoms. The number of carbonyl (C=O) groups is 1. The molecule has 0 aliphatic carbocycles. The van der Waals surface area contributed by atoms with Crippen LogP contribution < -0.4 is 19.5 Å². The molecule has 1 aliphatic heterocycles. The first-order valence-corrected chi connectivity index (χ1v) is 12.3. The van der Waals surface area contributed by atoms with Gasteiger partial charge in [-0.2, -0.15) is 4.31 Å². The van der Waals surface area contributed by atoms with Crippen molar-refractivity contribution in [1.82, 2.24) is 4.31 Å². The van der Waals surface area contributed by atoms with Gasteiger partial charge in [-0.05, 0) is 43.7 Å². The molecule has 1 heterocycles. The van der Waals surface area contributed by atoms with E-state index < -0.39 is 10.0 Å². The average molecular weight is 479 g/mol. The smallest absolute Gasteiger partial charge is 0.246 e. The van der Waals surface area contributed by atoms with Crippen LogP contribution in [0.1, 0.15) is 19.4 Å². The molecule has 1 N–H and O–H groups in total. The Morgan fingerprint density at radius 2 is 1.67 bits per heavy atom. The number of carbonyl (C=O) groups excluding carboxylic acids is 1. The molecular formula is C23H30N2O7S. The van der Waals surface area contributed by atoms with Crippen molar-refractivity contribution in [2.24, 2.45) is 0 Å². The zero-order valence-electron chi connectivity index (χ0n) is 19.1. The molecule has 180 valence electrons. The first-order chi connectivity index (χ1) is 15.9. The van der Waals surface area contributed by atoms with Crippen LogP contribution in [0.3, 0.4) is 0 Å². The molecule has 3 rings (SSSR count). The highest BCUT2D eigenvalue weighted by Crippen LogP contribution is 2.31. The lowest BCUT2D eigenvalue weighted by atomic mass is 10.1. The fourth-order valence-corrected chi connectivity index (χ4v) is 5.09. The molecule has 0 atom stereocenters. The Kier molecular flexibility index (Phi) is 8.54. The number of nitrogens with one attached hydrogen (secondary N) is 1. The fraction of sp³-hybridized carbons (Fsp3) is 0.435. The SMILES string of the molecule is CCOc1ccc(NC(=O)Cc2ccc(OC)c(S(=O)(=O)N3CCOCC3)c2)cc1OCC. The Bertz CT molecular complexity index is 1070. The Morgan fingerprint density at radius 1 is 1.00 bits per heavy atom. The Balaban J connectivity index is 1.77. The quantitative estimate of drug-likeness (QED) is 0.560. The van der Waals surface area contributed by atoms with Crippen LogP contribution >= 0.6 is 0 Å². The van der Waals surface area contributed by atoms with E-state index in [-0.39, 0.29) is 36.1 Å². The number of ether oxygens (including phenoxy) is 4. The maximum atomic E-state index is 13.1. The molecule has 9 nitrogen and oxygen atoms in total. The Hall–Kier alpha value is -2.82. The van der Waals surface area contributed by atoms with E-state index in [1.54, 1.807) is 30.3 Å². The van der Waals surface area contributed by atoms with Crippen LogP contribution in [0.15, 0.2) is 41.3 Å². The lowest BCUT2D eigenvalue weighted by Crippen LogP contribution is -2.40. The first-order valence-electron chi connectivity index (χ1n) is 10.8. The highest BCUT2D eigenvalue weighted by atomic mass is 32.2. The van der Waals surface area contributed by atoms with Crippen LogP contribution in [0.25, 0.3) is 0 Å². The van der Waals surface area contributed by atoms with Crippen LogP contribution in [0.4, 0.5) is 5.69 Å². The van der Waals surface area contributed by atoms with Gasteiger partial charge < -0.3 is 24.3 Å². The molecule has 2 aromatic rings. The molecule has 0 radical (unpaired) electrons. The maximum Gasteiger partial charge on any atom is 0.246 e. The minimum absolute atomic E-state index is 0.00714. The van der Waals surface area contributed by atoms with E-state index in [1.807, 2.05) is 13.8 Å². The lowest BCUT2D eigenvalue weighted by molar-refractivity contribution is -0.115. The summed E-state index contributed by atoms with van der Waals surface area (Å²) in [7, 11) is -2.36. The third kappa shape index (κ3) is 6.16. The van der Waals surface area contributed by atoms with Crippen molar-refractivity contribution in [3.63, 3.8) is 0 Å². The number of nitrogens with zero attached hydrogens (tertiary/aromatic N) is 1. The number of methoxy groups -OCH3 is 1. The summed E-state index contributed by atoms with van der Waals surface area (Å²) < 4.78 is 49.3. The number of rotatable bonds is 10. The highest BCUT2D eigenvalue weighted by molar-refractivity contribution is 7.89. The van der Waals surface area contributed by atoms with Gasteiger partial charge in [-0.1, -0.05) is 6.07 Å². The Labute approximate surface area is 194 Å². The number of benzene rings is 2. The van der Waals surface area contributed by atoms with Crippen LogP contribution in [-0.2, 0) is 26.0 Å². The van der Waals surface area contributed by atoms with Gasteiger partial charge in [0, 0.05) is 24.8 Å². The zero-order chi connectivity index (χ0) is 23.8. The van der Waals surface area contributed by atoms with Crippen molar-refractivity contribution < 1.29 is 32.2 Å². The monoisotopic (exact) mass is 478 g/mol. The summed E-state index contributed by atoms with van der Waals surface area (Å²) in [6.45, 7) is 5.95. The molecule has 0 saturated carbocycles. The van der Waals surface area contributed by atoms with Crippen molar-refractivity contribution in [2.75, 3.05) is 51.9 Å². The van der Waals surface area contributed by atoms with E-state index in [2.05, 4.69) is 5.32 Å². The summed E-state index contributed by atoms with van der Waals surface area (Å²) in [6.07, 6.45) is -0.00714. The normalized spacial score (nSPS) is 14.5. The third-order valence-corrected chi connectivity index (χ3v) is 6.93. The van der Waals surface area contributed by atoms with Gasteiger partial charge in [0.1, 0.15) is 10.6 Å². The predicted octanol–water partition coefficient (Wildman–Crippen LogP) is 2.69. The molecule has 1 saturated heterocycles. The van der Waals surface area contributed by atoms with Crippen molar-refractivity contribution in [3.8, 4) is 17.2 Å². The summed E-state index contributed by atoms with van der Waals surface area (Å²) in [5.41, 5.74) is 1.11. The van der Waals surface area contributed by atoms with E-state index in [9.17, 15) is 13.2 Å². The van der Waals surface area contributed by atoms with E-state index in [1.165, 1.54) is 17.5 Å². The summed E-state index contributed by atoms with van der Waals surface area (Å²) in [4.78, 5) is 12.7. The number of hydrogen-bond donors (Lipinski definition) is 1. The number of hydrogen-bond acceptors (Lipinski definition) is 7. The minimum atomic E-state index is -3.78. The van der Waals surface area contributed by atoms with Gasteiger partial charge in [0.15, 0.2) is 11.5 Å². The molecule has 0 bridgehead atoms. The van der Waals surface area contributed by atoms with Crippen LogP contribution in [0.5, 0.6) is 17.2 Å². The van der Waals surface area contributed by atoms with E-state index in [4.69, 9.17) is 18.9 Å². The van der Waals surface area contributed by atoms with Crippen LogP contribution in [0, 0.1) is 0 Å². The summed E-state index contributed by atoms with van der Waals surface area (Å²) in [6, 6.07) is 9.92. The topological polar surface area (TPSA) is 103 Å². The van der Waals surface area contributed by atoms with Crippen molar-refractivity contribution >= 4 is 21.6 Å². The van der Waals surface area contributed by atoms with E-state index in [0.717, 1.165) is 0 Å². The van der Waals surface area contributed by atoms with Crippen molar-refractivity contribution in [2.45, 2.75) is 25.2 Å². The predicted molar refractivity (Wildman–Crippen MR) is 124 cm³/mol. The largest absolute Gasteiger partial charge is 0.495 e. The molecule has 0 unspecified atom stereocenters. The van der Waals surface area contributed by atoms with Gasteiger partial charge in [-0.15, -0.1) is 0 Å². The fourth-order valence-electron chi connectivity index (χ4n) is 3.48. The van der Waals surface area contributed by atoms with Gasteiger partial charge >= 0.3 is 0 Å². The van der Waals surface area contributed by atoms with Crippen molar-refractivity contribution in [3.05, 3.63) is 42.0 Å². The number of sulfonamides is 1. The molecule has 1 fully saturated rings. The van der Waals surface area contributed by atoms with Gasteiger partial charge in [0.2, 0.25) is 15.9 Å². The molecule has 1 amide bonds. The second-order valence-electron chi connectivity index (χ2n) is 7.25. The van der Waals surface area contributed by atoms with Gasteiger partial charge in [-0.25, -0.2) is 8.42 Å². The second kappa shape index (κ2) is 11.4. The van der Waals surface area contributed by atoms with E-state index >= 15 is 0 Å². The van der Waals surface area contributed by atoms with Gasteiger partial charge in [-0.3, -0.25) is 4.79 Å². The molecule has 33 heavy (non-hydrogen) atoms.